The molecule has 1 aromatic carbocycles. The summed E-state index contributed by atoms with van der Waals surface area (Å²) in [6.45, 7) is 1.91. The van der Waals surface area contributed by atoms with Gasteiger partial charge in [0, 0.05) is 6.20 Å². The molecule has 0 fully saturated rings. The summed E-state index contributed by atoms with van der Waals surface area (Å²) >= 11 is 0. The molecule has 0 N–H and O–H groups in total. The molecule has 1 aliphatic rings. The van der Waals surface area contributed by atoms with E-state index < -0.39 is 21.3 Å². The maximum atomic E-state index is 12.7. The fraction of sp³-hybridized carbons (Fsp3) is 0.200. The van der Waals surface area contributed by atoms with Crippen LogP contribution in [0.3, 0.4) is 0 Å². The lowest BCUT2D eigenvalue weighted by Gasteiger charge is -2.17. The van der Waals surface area contributed by atoms with Crippen molar-refractivity contribution in [3.05, 3.63) is 59.9 Å². The number of aromatic nitrogens is 1. The number of sulfone groups is 1. The van der Waals surface area contributed by atoms with Crippen molar-refractivity contribution in [2.45, 2.75) is 23.3 Å². The zero-order chi connectivity index (χ0) is 14.9. The molecule has 2 aromatic rings. The van der Waals surface area contributed by atoms with Crippen LogP contribution in [0.4, 0.5) is 0 Å². The third kappa shape index (κ3) is 2.54. The van der Waals surface area contributed by atoms with Crippen LogP contribution in [0.25, 0.3) is 0 Å². The first-order valence-corrected chi connectivity index (χ1v) is 8.02. The Kier molecular flexibility index (Phi) is 3.47. The highest BCUT2D eigenvalue weighted by Gasteiger charge is 2.40. The minimum Gasteiger partial charge on any atom is -0.471 e. The Morgan fingerprint density at radius 1 is 1.10 bits per heavy atom. The SMILES string of the molecule is Cc1ccc(S(=O)(=O)[C@@H]2N=CO[C@@H]2c2ccccn2)cc1. The van der Waals surface area contributed by atoms with Crippen LogP contribution < -0.4 is 0 Å². The van der Waals surface area contributed by atoms with Crippen molar-refractivity contribution >= 4 is 16.2 Å². The molecule has 0 bridgehead atoms. The van der Waals surface area contributed by atoms with Crippen molar-refractivity contribution in [3.8, 4) is 0 Å². The smallest absolute Gasteiger partial charge is 0.205 e. The molecule has 1 aromatic heterocycles. The van der Waals surface area contributed by atoms with Gasteiger partial charge in [0.05, 0.1) is 10.6 Å². The van der Waals surface area contributed by atoms with E-state index in [2.05, 4.69) is 9.98 Å². The summed E-state index contributed by atoms with van der Waals surface area (Å²) in [4.78, 5) is 8.39. The molecule has 0 aliphatic carbocycles. The molecule has 1 aliphatic heterocycles. The molecular formula is C15H14N2O3S. The molecule has 0 radical (unpaired) electrons. The third-order valence-corrected chi connectivity index (χ3v) is 5.25. The quantitative estimate of drug-likeness (QED) is 0.872. The Labute approximate surface area is 123 Å². The number of pyridine rings is 1. The second kappa shape index (κ2) is 5.29. The molecule has 0 saturated carbocycles. The summed E-state index contributed by atoms with van der Waals surface area (Å²) in [5, 5.41) is -1.00. The maximum Gasteiger partial charge on any atom is 0.205 e. The summed E-state index contributed by atoms with van der Waals surface area (Å²) in [5.41, 5.74) is 1.55. The molecule has 2 atom stereocenters. The van der Waals surface area contributed by atoms with E-state index in [4.69, 9.17) is 4.74 Å². The highest BCUT2D eigenvalue weighted by molar-refractivity contribution is 7.92. The van der Waals surface area contributed by atoms with Gasteiger partial charge >= 0.3 is 0 Å². The van der Waals surface area contributed by atoms with E-state index in [9.17, 15) is 8.42 Å². The average molecular weight is 302 g/mol. The summed E-state index contributed by atoms with van der Waals surface area (Å²) in [6, 6.07) is 12.0. The average Bonchev–Trinajstić information content (AvgIpc) is 2.99. The molecule has 0 amide bonds. The number of aliphatic imine (C=N–C) groups is 1. The minimum absolute atomic E-state index is 0.238. The van der Waals surface area contributed by atoms with E-state index in [-0.39, 0.29) is 4.90 Å². The molecule has 0 spiro atoms. The Morgan fingerprint density at radius 3 is 2.52 bits per heavy atom. The summed E-state index contributed by atoms with van der Waals surface area (Å²) in [6.07, 6.45) is 2.08. The molecule has 21 heavy (non-hydrogen) atoms. The first-order valence-electron chi connectivity index (χ1n) is 6.47. The van der Waals surface area contributed by atoms with Crippen LogP contribution >= 0.6 is 0 Å². The molecule has 3 rings (SSSR count). The van der Waals surface area contributed by atoms with Crippen LogP contribution in [0.15, 0.2) is 58.5 Å². The van der Waals surface area contributed by atoms with Crippen molar-refractivity contribution in [2.75, 3.05) is 0 Å². The highest BCUT2D eigenvalue weighted by atomic mass is 32.2. The second-order valence-corrected chi connectivity index (χ2v) is 6.86. The van der Waals surface area contributed by atoms with Gasteiger partial charge in [-0.2, -0.15) is 0 Å². The summed E-state index contributed by atoms with van der Waals surface area (Å²) in [7, 11) is -3.62. The van der Waals surface area contributed by atoms with Crippen LogP contribution in [-0.4, -0.2) is 25.2 Å². The van der Waals surface area contributed by atoms with Gasteiger partial charge in [-0.15, -0.1) is 0 Å². The Bertz CT molecular complexity index is 755. The van der Waals surface area contributed by atoms with E-state index in [0.29, 0.717) is 5.69 Å². The van der Waals surface area contributed by atoms with Crippen molar-refractivity contribution in [1.29, 1.82) is 0 Å². The van der Waals surface area contributed by atoms with Crippen LogP contribution in [0.1, 0.15) is 17.4 Å². The van der Waals surface area contributed by atoms with E-state index in [1.807, 2.05) is 6.92 Å². The second-order valence-electron chi connectivity index (χ2n) is 4.81. The zero-order valence-electron chi connectivity index (χ0n) is 11.4. The normalized spacial score (nSPS) is 21.2. The number of rotatable bonds is 3. The summed E-state index contributed by atoms with van der Waals surface area (Å²) < 4.78 is 30.8. The molecule has 2 heterocycles. The number of ether oxygens (including phenoxy) is 1. The standard InChI is InChI=1S/C15H14N2O3S/c1-11-5-7-12(8-6-11)21(18,19)15-14(20-10-17-15)13-4-2-3-9-16-13/h2-10,14-15H,1H3/t14-,15+/m1/s1. The predicted molar refractivity (Wildman–Crippen MR) is 78.7 cm³/mol. The highest BCUT2D eigenvalue weighted by Crippen LogP contribution is 2.32. The third-order valence-electron chi connectivity index (χ3n) is 3.32. The van der Waals surface area contributed by atoms with Gasteiger partial charge in [0.15, 0.2) is 12.5 Å². The van der Waals surface area contributed by atoms with Gasteiger partial charge in [-0.05, 0) is 31.2 Å². The first-order chi connectivity index (χ1) is 10.1. The molecular weight excluding hydrogens is 288 g/mol. The van der Waals surface area contributed by atoms with Gasteiger partial charge in [-0.25, -0.2) is 13.4 Å². The van der Waals surface area contributed by atoms with Crippen molar-refractivity contribution in [2.24, 2.45) is 4.99 Å². The van der Waals surface area contributed by atoms with E-state index in [1.54, 1.807) is 48.7 Å². The Morgan fingerprint density at radius 2 is 1.86 bits per heavy atom. The Hall–Kier alpha value is -2.21. The number of benzene rings is 1. The monoisotopic (exact) mass is 302 g/mol. The lowest BCUT2D eigenvalue weighted by molar-refractivity contribution is 0.222. The number of hydrogen-bond acceptors (Lipinski definition) is 5. The topological polar surface area (TPSA) is 68.6 Å². The van der Waals surface area contributed by atoms with Gasteiger partial charge in [0.2, 0.25) is 15.2 Å². The van der Waals surface area contributed by atoms with Crippen LogP contribution in [0.2, 0.25) is 0 Å². The van der Waals surface area contributed by atoms with Crippen molar-refractivity contribution in [1.82, 2.24) is 4.98 Å². The van der Waals surface area contributed by atoms with E-state index in [1.165, 1.54) is 6.40 Å². The zero-order valence-corrected chi connectivity index (χ0v) is 12.2. The van der Waals surface area contributed by atoms with Gasteiger partial charge in [-0.1, -0.05) is 23.8 Å². The van der Waals surface area contributed by atoms with E-state index >= 15 is 0 Å². The van der Waals surface area contributed by atoms with Gasteiger partial charge in [0.25, 0.3) is 0 Å². The number of aryl methyl sites for hydroxylation is 1. The van der Waals surface area contributed by atoms with Crippen molar-refractivity contribution in [3.63, 3.8) is 0 Å². The minimum atomic E-state index is -3.62. The van der Waals surface area contributed by atoms with Gasteiger partial charge in [0.1, 0.15) is 0 Å². The fourth-order valence-corrected chi connectivity index (χ4v) is 3.71. The number of nitrogens with zero attached hydrogens (tertiary/aromatic N) is 2. The first kappa shape index (κ1) is 13.8. The Balaban J connectivity index is 1.98. The van der Waals surface area contributed by atoms with Crippen molar-refractivity contribution < 1.29 is 13.2 Å². The molecule has 6 heteroatoms. The fourth-order valence-electron chi connectivity index (χ4n) is 2.18. The maximum absolute atomic E-state index is 12.7. The largest absolute Gasteiger partial charge is 0.471 e. The number of hydrogen-bond donors (Lipinski definition) is 0. The molecule has 0 unspecified atom stereocenters. The van der Waals surface area contributed by atoms with Crippen LogP contribution in [-0.2, 0) is 14.6 Å². The molecule has 108 valence electrons. The van der Waals surface area contributed by atoms with Gasteiger partial charge < -0.3 is 4.74 Å². The predicted octanol–water partition coefficient (Wildman–Crippen LogP) is 2.29. The van der Waals surface area contributed by atoms with Crippen LogP contribution in [0, 0.1) is 6.92 Å². The molecule has 0 saturated heterocycles. The lowest BCUT2D eigenvalue weighted by atomic mass is 10.2. The lowest BCUT2D eigenvalue weighted by Crippen LogP contribution is -2.25. The molecule has 5 nitrogen and oxygen atoms in total. The summed E-state index contributed by atoms with van der Waals surface area (Å²) in [5.74, 6) is 0. The van der Waals surface area contributed by atoms with Crippen LogP contribution in [0.5, 0.6) is 0 Å². The van der Waals surface area contributed by atoms with E-state index in [0.717, 1.165) is 5.56 Å². The van der Waals surface area contributed by atoms with Gasteiger partial charge in [-0.3, -0.25) is 4.98 Å².